The summed E-state index contributed by atoms with van der Waals surface area (Å²) in [6, 6.07) is 10.7. The van der Waals surface area contributed by atoms with Gasteiger partial charge in [-0.05, 0) is 31.9 Å². The maximum atomic E-state index is 4.75. The molecule has 0 atom stereocenters. The van der Waals surface area contributed by atoms with Gasteiger partial charge in [0.25, 0.3) is 0 Å². The fourth-order valence-electron chi connectivity index (χ4n) is 3.61. The van der Waals surface area contributed by atoms with Crippen molar-refractivity contribution in [1.82, 2.24) is 20.5 Å². The first-order valence-electron chi connectivity index (χ1n) is 11.3. The zero-order valence-corrected chi connectivity index (χ0v) is 22.0. The van der Waals surface area contributed by atoms with Crippen LogP contribution in [0.5, 0.6) is 0 Å². The maximum Gasteiger partial charge on any atom is 0.191 e. The van der Waals surface area contributed by atoms with Gasteiger partial charge in [0.15, 0.2) is 5.96 Å². The topological polar surface area (TPSA) is 55.8 Å². The van der Waals surface area contributed by atoms with Crippen molar-refractivity contribution in [3.8, 4) is 0 Å². The van der Waals surface area contributed by atoms with Gasteiger partial charge in [0.2, 0.25) is 0 Å². The molecule has 1 saturated heterocycles. The molecule has 0 radical (unpaired) electrons. The van der Waals surface area contributed by atoms with Crippen molar-refractivity contribution < 1.29 is 0 Å². The molecule has 6 nitrogen and oxygen atoms in total. The number of halogens is 1. The van der Waals surface area contributed by atoms with Crippen LogP contribution in [0.1, 0.15) is 30.2 Å². The number of hydrogen-bond donors (Lipinski definition) is 2. The van der Waals surface area contributed by atoms with Gasteiger partial charge in [-0.1, -0.05) is 25.1 Å². The van der Waals surface area contributed by atoms with Gasteiger partial charge < -0.3 is 15.5 Å². The van der Waals surface area contributed by atoms with E-state index in [1.165, 1.54) is 15.6 Å². The lowest BCUT2D eigenvalue weighted by molar-refractivity contribution is 0.256. The molecule has 0 bridgehead atoms. The molecule has 0 saturated carbocycles. The molecule has 1 aliphatic heterocycles. The molecule has 2 N–H and O–H groups in total. The van der Waals surface area contributed by atoms with E-state index in [2.05, 4.69) is 69.6 Å². The van der Waals surface area contributed by atoms with Crippen LogP contribution < -0.4 is 15.5 Å². The average Bonchev–Trinajstić information content (AvgIpc) is 3.26. The monoisotopic (exact) mass is 556 g/mol. The Labute approximate surface area is 208 Å². The Bertz CT molecular complexity index is 758. The van der Waals surface area contributed by atoms with Crippen LogP contribution in [0.3, 0.4) is 0 Å². The lowest BCUT2D eigenvalue weighted by Crippen LogP contribution is -2.46. The van der Waals surface area contributed by atoms with E-state index in [1.807, 2.05) is 17.5 Å². The minimum absolute atomic E-state index is 0. The highest BCUT2D eigenvalue weighted by Crippen LogP contribution is 2.15. The minimum Gasteiger partial charge on any atom is -0.369 e. The van der Waals surface area contributed by atoms with Gasteiger partial charge in [0, 0.05) is 75.5 Å². The van der Waals surface area contributed by atoms with Crippen LogP contribution in [0.25, 0.3) is 0 Å². The zero-order valence-electron chi connectivity index (χ0n) is 18.8. The van der Waals surface area contributed by atoms with Gasteiger partial charge in [-0.3, -0.25) is 9.89 Å². The summed E-state index contributed by atoms with van der Waals surface area (Å²) in [5.41, 5.74) is 1.34. The molecule has 0 amide bonds. The number of thiazole rings is 1. The van der Waals surface area contributed by atoms with Crippen LogP contribution in [0.4, 0.5) is 5.69 Å². The summed E-state index contributed by atoms with van der Waals surface area (Å²) in [4.78, 5) is 15.6. The summed E-state index contributed by atoms with van der Waals surface area (Å²) >= 11 is 1.81. The van der Waals surface area contributed by atoms with E-state index >= 15 is 0 Å². The quantitative estimate of drug-likeness (QED) is 0.203. The van der Waals surface area contributed by atoms with Gasteiger partial charge >= 0.3 is 0 Å². The highest BCUT2D eigenvalue weighted by atomic mass is 127. The van der Waals surface area contributed by atoms with Gasteiger partial charge in [-0.2, -0.15) is 0 Å². The van der Waals surface area contributed by atoms with E-state index in [0.717, 1.165) is 77.6 Å². The Balaban J connectivity index is 0.00000341. The third-order valence-corrected chi connectivity index (χ3v) is 6.52. The van der Waals surface area contributed by atoms with Gasteiger partial charge in [0.1, 0.15) is 0 Å². The second-order valence-electron chi connectivity index (χ2n) is 7.53. The highest BCUT2D eigenvalue weighted by Gasteiger charge is 2.16. The standard InChI is InChI=1S/C23H36N6S.HI/c1-3-21-19-27-22(30-21)11-13-26-23(24-4-2)25-12-8-14-28-15-17-29(18-16-28)20-9-6-5-7-10-20;/h5-7,9-10,19H,3-4,8,11-18H2,1-2H3,(H2,24,25,26);1H. The third kappa shape index (κ3) is 8.94. The Morgan fingerprint density at radius 3 is 2.55 bits per heavy atom. The molecule has 8 heteroatoms. The Morgan fingerprint density at radius 1 is 1.10 bits per heavy atom. The highest BCUT2D eigenvalue weighted by molar-refractivity contribution is 14.0. The molecule has 0 aliphatic carbocycles. The van der Waals surface area contributed by atoms with Crippen LogP contribution in [-0.2, 0) is 12.8 Å². The lowest BCUT2D eigenvalue weighted by Gasteiger charge is -2.36. The Kier molecular flexibility index (Phi) is 12.2. The fraction of sp³-hybridized carbons (Fsp3) is 0.565. The predicted octanol–water partition coefficient (Wildman–Crippen LogP) is 3.63. The van der Waals surface area contributed by atoms with Crippen LogP contribution in [0.2, 0.25) is 0 Å². The Hall–Kier alpha value is -1.39. The number of benzene rings is 1. The summed E-state index contributed by atoms with van der Waals surface area (Å²) in [5.74, 6) is 0.915. The van der Waals surface area contributed by atoms with Crippen molar-refractivity contribution in [2.24, 2.45) is 4.99 Å². The number of aryl methyl sites for hydroxylation is 1. The zero-order chi connectivity index (χ0) is 21.0. The number of aliphatic imine (C=N–C) groups is 1. The van der Waals surface area contributed by atoms with Gasteiger partial charge in [0.05, 0.1) is 5.01 Å². The SMILES string of the molecule is CCNC(=NCCCN1CCN(c2ccccc2)CC1)NCCc1ncc(CC)s1.I. The van der Waals surface area contributed by atoms with Crippen molar-refractivity contribution in [3.63, 3.8) is 0 Å². The molecular formula is C23H37IN6S. The molecule has 2 aromatic rings. The van der Waals surface area contributed by atoms with Crippen LogP contribution >= 0.6 is 35.3 Å². The molecule has 1 fully saturated rings. The molecule has 1 aromatic heterocycles. The predicted molar refractivity (Wildman–Crippen MR) is 144 cm³/mol. The first kappa shape index (κ1) is 25.9. The number of aromatic nitrogens is 1. The molecule has 1 aliphatic rings. The first-order chi connectivity index (χ1) is 14.8. The summed E-state index contributed by atoms with van der Waals surface area (Å²) in [6.07, 6.45) is 5.10. The van der Waals surface area contributed by atoms with Crippen LogP contribution in [0.15, 0.2) is 41.5 Å². The van der Waals surface area contributed by atoms with E-state index in [9.17, 15) is 0 Å². The number of anilines is 1. The number of hydrogen-bond acceptors (Lipinski definition) is 5. The molecule has 2 heterocycles. The summed E-state index contributed by atoms with van der Waals surface area (Å²) in [5, 5.41) is 7.99. The van der Waals surface area contributed by atoms with Crippen LogP contribution in [0, 0.1) is 0 Å². The molecule has 1 aromatic carbocycles. The molecule has 3 rings (SSSR count). The van der Waals surface area contributed by atoms with Crippen molar-refractivity contribution in [1.29, 1.82) is 0 Å². The second kappa shape index (κ2) is 14.6. The molecule has 0 spiro atoms. The third-order valence-electron chi connectivity index (χ3n) is 5.32. The lowest BCUT2D eigenvalue weighted by atomic mass is 10.2. The minimum atomic E-state index is 0. The molecular weight excluding hydrogens is 519 g/mol. The van der Waals surface area contributed by atoms with E-state index in [0.29, 0.717) is 0 Å². The summed E-state index contributed by atoms with van der Waals surface area (Å²) in [7, 11) is 0. The van der Waals surface area contributed by atoms with E-state index < -0.39 is 0 Å². The largest absolute Gasteiger partial charge is 0.369 e. The van der Waals surface area contributed by atoms with Crippen molar-refractivity contribution in [2.45, 2.75) is 33.1 Å². The van der Waals surface area contributed by atoms with Gasteiger partial charge in [-0.15, -0.1) is 35.3 Å². The molecule has 31 heavy (non-hydrogen) atoms. The van der Waals surface area contributed by atoms with Crippen molar-refractivity contribution in [2.75, 3.05) is 57.3 Å². The summed E-state index contributed by atoms with van der Waals surface area (Å²) < 4.78 is 0. The smallest absolute Gasteiger partial charge is 0.191 e. The fourth-order valence-corrected chi connectivity index (χ4v) is 4.47. The number of para-hydroxylation sites is 1. The van der Waals surface area contributed by atoms with Crippen molar-refractivity contribution >= 4 is 47.0 Å². The number of guanidine groups is 1. The van der Waals surface area contributed by atoms with Gasteiger partial charge in [-0.25, -0.2) is 4.98 Å². The average molecular weight is 557 g/mol. The van der Waals surface area contributed by atoms with E-state index in [-0.39, 0.29) is 24.0 Å². The number of nitrogens with one attached hydrogen (secondary N) is 2. The van der Waals surface area contributed by atoms with E-state index in [4.69, 9.17) is 4.99 Å². The maximum absolute atomic E-state index is 4.75. The first-order valence-corrected chi connectivity index (χ1v) is 12.1. The van der Waals surface area contributed by atoms with Crippen molar-refractivity contribution in [3.05, 3.63) is 46.4 Å². The normalized spacial score (nSPS) is 14.9. The Morgan fingerprint density at radius 2 is 1.87 bits per heavy atom. The molecule has 0 unspecified atom stereocenters. The van der Waals surface area contributed by atoms with Crippen LogP contribution in [-0.4, -0.2) is 68.2 Å². The van der Waals surface area contributed by atoms with E-state index in [1.54, 1.807) is 0 Å². The molecule has 172 valence electrons. The number of piperazine rings is 1. The number of rotatable bonds is 10. The second-order valence-corrected chi connectivity index (χ2v) is 8.73. The summed E-state index contributed by atoms with van der Waals surface area (Å²) in [6.45, 7) is 12.5. The number of nitrogens with zero attached hydrogens (tertiary/aromatic N) is 4.